The number of aryl methyl sites for hydroxylation is 1. The molecule has 0 saturated heterocycles. The molecule has 2 atom stereocenters. The second kappa shape index (κ2) is 7.08. The van der Waals surface area contributed by atoms with Gasteiger partial charge in [-0.15, -0.1) is 0 Å². The van der Waals surface area contributed by atoms with Crippen molar-refractivity contribution in [3.05, 3.63) is 65.7 Å². The van der Waals surface area contributed by atoms with Crippen LogP contribution >= 0.6 is 0 Å². The van der Waals surface area contributed by atoms with E-state index in [1.165, 1.54) is 16.8 Å². The number of hydrogen-bond acceptors (Lipinski definition) is 2. The molecule has 3 heteroatoms. The maximum Gasteiger partial charge on any atom is 0.242 e. The van der Waals surface area contributed by atoms with Gasteiger partial charge in [-0.3, -0.25) is 4.79 Å². The van der Waals surface area contributed by atoms with E-state index in [4.69, 9.17) is 0 Å². The SMILES string of the molecule is C[C@@H](c1ccccc1)N(C)C(=O)CN1c2ccccc2CC[C@@H]1C. The summed E-state index contributed by atoms with van der Waals surface area (Å²) in [6.07, 6.45) is 2.19. The summed E-state index contributed by atoms with van der Waals surface area (Å²) in [6.45, 7) is 4.73. The average molecular weight is 322 g/mol. The second-order valence-corrected chi connectivity index (χ2v) is 6.74. The van der Waals surface area contributed by atoms with Crippen LogP contribution in [-0.2, 0) is 11.2 Å². The molecule has 2 aromatic carbocycles. The summed E-state index contributed by atoms with van der Waals surface area (Å²) < 4.78 is 0. The summed E-state index contributed by atoms with van der Waals surface area (Å²) in [4.78, 5) is 17.0. The van der Waals surface area contributed by atoms with Crippen LogP contribution in [0, 0.1) is 0 Å². The zero-order chi connectivity index (χ0) is 17.1. The molecular formula is C21H26N2O. The van der Waals surface area contributed by atoms with Gasteiger partial charge in [-0.1, -0.05) is 48.5 Å². The van der Waals surface area contributed by atoms with E-state index in [0.717, 1.165) is 12.8 Å². The van der Waals surface area contributed by atoms with Crippen molar-refractivity contribution >= 4 is 11.6 Å². The highest BCUT2D eigenvalue weighted by molar-refractivity contribution is 5.82. The highest BCUT2D eigenvalue weighted by Gasteiger charge is 2.27. The summed E-state index contributed by atoms with van der Waals surface area (Å²) in [7, 11) is 1.90. The van der Waals surface area contributed by atoms with Crippen molar-refractivity contribution in [3.8, 4) is 0 Å². The Labute approximate surface area is 144 Å². The van der Waals surface area contributed by atoms with Crippen LogP contribution in [0.2, 0.25) is 0 Å². The molecule has 0 fully saturated rings. The van der Waals surface area contributed by atoms with Crippen molar-refractivity contribution in [1.29, 1.82) is 0 Å². The molecule has 24 heavy (non-hydrogen) atoms. The zero-order valence-electron chi connectivity index (χ0n) is 14.8. The summed E-state index contributed by atoms with van der Waals surface area (Å²) in [6, 6.07) is 19.1. The van der Waals surface area contributed by atoms with E-state index in [2.05, 4.69) is 55.1 Å². The highest BCUT2D eigenvalue weighted by Crippen LogP contribution is 2.30. The van der Waals surface area contributed by atoms with E-state index in [1.807, 2.05) is 30.1 Å². The third-order valence-electron chi connectivity index (χ3n) is 5.23. The Balaban J connectivity index is 1.75. The van der Waals surface area contributed by atoms with Crippen LogP contribution in [0.4, 0.5) is 5.69 Å². The summed E-state index contributed by atoms with van der Waals surface area (Å²) in [5, 5.41) is 0. The molecule has 0 aliphatic carbocycles. The van der Waals surface area contributed by atoms with E-state index in [9.17, 15) is 4.79 Å². The molecule has 0 radical (unpaired) electrons. The fourth-order valence-corrected chi connectivity index (χ4v) is 3.43. The van der Waals surface area contributed by atoms with Gasteiger partial charge in [0.15, 0.2) is 0 Å². The first-order valence-electron chi connectivity index (χ1n) is 8.73. The van der Waals surface area contributed by atoms with Crippen molar-refractivity contribution in [1.82, 2.24) is 4.90 Å². The van der Waals surface area contributed by atoms with Gasteiger partial charge in [0, 0.05) is 18.8 Å². The smallest absolute Gasteiger partial charge is 0.242 e. The monoisotopic (exact) mass is 322 g/mol. The lowest BCUT2D eigenvalue weighted by molar-refractivity contribution is -0.130. The molecule has 2 aromatic rings. The number of hydrogen-bond donors (Lipinski definition) is 0. The van der Waals surface area contributed by atoms with Gasteiger partial charge in [0.1, 0.15) is 0 Å². The number of para-hydroxylation sites is 1. The van der Waals surface area contributed by atoms with Gasteiger partial charge in [0.25, 0.3) is 0 Å². The lowest BCUT2D eigenvalue weighted by Crippen LogP contribution is -2.45. The number of benzene rings is 2. The zero-order valence-corrected chi connectivity index (χ0v) is 14.8. The maximum absolute atomic E-state index is 12.9. The van der Waals surface area contributed by atoms with Gasteiger partial charge >= 0.3 is 0 Å². The van der Waals surface area contributed by atoms with Crippen LogP contribution in [0.15, 0.2) is 54.6 Å². The van der Waals surface area contributed by atoms with Crippen LogP contribution in [-0.4, -0.2) is 30.4 Å². The molecule has 3 rings (SSSR count). The standard InChI is InChI=1S/C21H26N2O/c1-16-13-14-19-11-7-8-12-20(19)23(16)15-21(24)22(3)17(2)18-9-5-4-6-10-18/h4-12,16-17H,13-15H2,1-3H3/t16-,17-/m0/s1. The van der Waals surface area contributed by atoms with Gasteiger partial charge in [-0.2, -0.15) is 0 Å². The van der Waals surface area contributed by atoms with Crippen LogP contribution in [0.1, 0.15) is 37.4 Å². The number of rotatable bonds is 4. The molecule has 0 unspecified atom stereocenters. The van der Waals surface area contributed by atoms with E-state index in [1.54, 1.807) is 0 Å². The minimum Gasteiger partial charge on any atom is -0.359 e. The summed E-state index contributed by atoms with van der Waals surface area (Å²) >= 11 is 0. The van der Waals surface area contributed by atoms with Crippen molar-refractivity contribution in [2.45, 2.75) is 38.8 Å². The Morgan fingerprint density at radius 2 is 1.83 bits per heavy atom. The summed E-state index contributed by atoms with van der Waals surface area (Å²) in [5.41, 5.74) is 3.73. The predicted molar refractivity (Wildman–Crippen MR) is 99.2 cm³/mol. The van der Waals surface area contributed by atoms with E-state index in [-0.39, 0.29) is 11.9 Å². The molecule has 0 bridgehead atoms. The second-order valence-electron chi connectivity index (χ2n) is 6.74. The Morgan fingerprint density at radius 3 is 2.58 bits per heavy atom. The van der Waals surface area contributed by atoms with Gasteiger partial charge in [0.05, 0.1) is 12.6 Å². The van der Waals surface area contributed by atoms with Crippen molar-refractivity contribution in [2.75, 3.05) is 18.5 Å². The first-order chi connectivity index (χ1) is 11.6. The van der Waals surface area contributed by atoms with E-state index in [0.29, 0.717) is 12.6 Å². The number of carbonyl (C=O) groups is 1. The first-order valence-corrected chi connectivity index (χ1v) is 8.73. The predicted octanol–water partition coefficient (Wildman–Crippen LogP) is 4.05. The Morgan fingerprint density at radius 1 is 1.17 bits per heavy atom. The average Bonchev–Trinajstić information content (AvgIpc) is 2.63. The Bertz CT molecular complexity index is 698. The van der Waals surface area contributed by atoms with Crippen molar-refractivity contribution in [3.63, 3.8) is 0 Å². The molecule has 126 valence electrons. The fraction of sp³-hybridized carbons (Fsp3) is 0.381. The number of amides is 1. The fourth-order valence-electron chi connectivity index (χ4n) is 3.43. The van der Waals surface area contributed by atoms with Gasteiger partial charge in [0.2, 0.25) is 5.91 Å². The Hall–Kier alpha value is -2.29. The molecule has 0 spiro atoms. The van der Waals surface area contributed by atoms with Crippen molar-refractivity contribution in [2.24, 2.45) is 0 Å². The molecule has 3 nitrogen and oxygen atoms in total. The first kappa shape index (κ1) is 16.6. The summed E-state index contributed by atoms with van der Waals surface area (Å²) in [5.74, 6) is 0.162. The molecule has 1 aliphatic heterocycles. The minimum atomic E-state index is 0.0778. The minimum absolute atomic E-state index is 0.0778. The van der Waals surface area contributed by atoms with Crippen LogP contribution in [0.25, 0.3) is 0 Å². The lowest BCUT2D eigenvalue weighted by Gasteiger charge is -2.38. The lowest BCUT2D eigenvalue weighted by atomic mass is 9.96. The molecular weight excluding hydrogens is 296 g/mol. The Kier molecular flexibility index (Phi) is 4.89. The van der Waals surface area contributed by atoms with Crippen LogP contribution < -0.4 is 4.90 Å². The van der Waals surface area contributed by atoms with Crippen LogP contribution in [0.5, 0.6) is 0 Å². The van der Waals surface area contributed by atoms with E-state index < -0.39 is 0 Å². The van der Waals surface area contributed by atoms with Gasteiger partial charge in [-0.25, -0.2) is 0 Å². The normalized spacial score (nSPS) is 18.0. The number of fused-ring (bicyclic) bond motifs is 1. The van der Waals surface area contributed by atoms with E-state index >= 15 is 0 Å². The maximum atomic E-state index is 12.9. The molecule has 1 heterocycles. The quantitative estimate of drug-likeness (QED) is 0.848. The largest absolute Gasteiger partial charge is 0.359 e. The number of carbonyl (C=O) groups excluding carboxylic acids is 1. The number of likely N-dealkylation sites (N-methyl/N-ethyl adjacent to an activating group) is 1. The molecule has 0 N–H and O–H groups in total. The number of nitrogens with zero attached hydrogens (tertiary/aromatic N) is 2. The molecule has 1 amide bonds. The van der Waals surface area contributed by atoms with Crippen molar-refractivity contribution < 1.29 is 4.79 Å². The third kappa shape index (κ3) is 3.30. The van der Waals surface area contributed by atoms with Gasteiger partial charge in [-0.05, 0) is 43.9 Å². The van der Waals surface area contributed by atoms with Gasteiger partial charge < -0.3 is 9.80 Å². The van der Waals surface area contributed by atoms with Crippen LogP contribution in [0.3, 0.4) is 0 Å². The molecule has 0 saturated carbocycles. The molecule has 0 aromatic heterocycles. The number of anilines is 1. The topological polar surface area (TPSA) is 23.6 Å². The highest BCUT2D eigenvalue weighted by atomic mass is 16.2. The third-order valence-corrected chi connectivity index (χ3v) is 5.23. The molecule has 1 aliphatic rings.